The molecular weight excluding hydrogens is 222 g/mol. The fourth-order valence-electron chi connectivity index (χ4n) is 1.47. The summed E-state index contributed by atoms with van der Waals surface area (Å²) in [5.74, 6) is -1.77. The van der Waals surface area contributed by atoms with Gasteiger partial charge < -0.3 is 26.7 Å². The fourth-order valence-corrected chi connectivity index (χ4v) is 1.47. The van der Waals surface area contributed by atoms with E-state index in [0.717, 1.165) is 19.4 Å². The minimum absolute atomic E-state index is 0.198. The first-order valence-corrected chi connectivity index (χ1v) is 6.03. The Bertz CT molecular complexity index is 256. The van der Waals surface area contributed by atoms with E-state index in [4.69, 9.17) is 0 Å². The van der Waals surface area contributed by atoms with Crippen molar-refractivity contribution in [2.75, 3.05) is 6.54 Å². The third kappa shape index (κ3) is 6.23. The lowest BCUT2D eigenvalue weighted by Gasteiger charge is -2.23. The molecule has 6 heteroatoms. The van der Waals surface area contributed by atoms with Crippen molar-refractivity contribution in [3.63, 3.8) is 0 Å². The number of rotatable bonds is 8. The van der Waals surface area contributed by atoms with Gasteiger partial charge in [-0.15, -0.1) is 0 Å². The van der Waals surface area contributed by atoms with Crippen LogP contribution in [0.1, 0.15) is 33.1 Å². The molecule has 17 heavy (non-hydrogen) atoms. The second-order valence-corrected chi connectivity index (χ2v) is 4.60. The number of aliphatic carboxylic acids is 1. The van der Waals surface area contributed by atoms with E-state index in [0.29, 0.717) is 6.42 Å². The predicted octanol–water partition coefficient (Wildman–Crippen LogP) is -3.10. The van der Waals surface area contributed by atoms with Gasteiger partial charge in [0.25, 0.3) is 5.91 Å². The normalized spacial score (nSPS) is 14.4. The van der Waals surface area contributed by atoms with Crippen LogP contribution in [-0.2, 0) is 9.59 Å². The first-order valence-electron chi connectivity index (χ1n) is 6.03. The third-order valence-corrected chi connectivity index (χ3v) is 2.64. The lowest BCUT2D eigenvalue weighted by atomic mass is 10.0. The van der Waals surface area contributed by atoms with E-state index in [1.54, 1.807) is 13.8 Å². The smallest absolute Gasteiger partial charge is 0.278 e. The van der Waals surface area contributed by atoms with Crippen molar-refractivity contribution in [2.45, 2.75) is 45.2 Å². The van der Waals surface area contributed by atoms with Crippen molar-refractivity contribution in [3.05, 3.63) is 0 Å². The Balaban J connectivity index is 4.16. The highest BCUT2D eigenvalue weighted by Crippen LogP contribution is 2.02. The number of hydrogen-bond acceptors (Lipinski definition) is 3. The zero-order valence-electron chi connectivity index (χ0n) is 10.7. The number of unbranched alkanes of at least 4 members (excludes halogenated alkanes) is 1. The summed E-state index contributed by atoms with van der Waals surface area (Å²) < 4.78 is 0. The zero-order chi connectivity index (χ0) is 13.4. The molecule has 0 aromatic carbocycles. The number of carboxylic acids is 1. The molecule has 2 atom stereocenters. The van der Waals surface area contributed by atoms with Crippen LogP contribution >= 0.6 is 0 Å². The van der Waals surface area contributed by atoms with Gasteiger partial charge in [-0.2, -0.15) is 0 Å². The zero-order valence-corrected chi connectivity index (χ0v) is 10.7. The maximum atomic E-state index is 11.7. The molecule has 0 fully saturated rings. The molecule has 0 saturated carbocycles. The van der Waals surface area contributed by atoms with Crippen LogP contribution in [0.5, 0.6) is 0 Å². The maximum absolute atomic E-state index is 11.7. The molecule has 0 aromatic rings. The van der Waals surface area contributed by atoms with E-state index < -0.39 is 18.1 Å². The minimum Gasteiger partial charge on any atom is -0.548 e. The molecule has 1 amide bonds. The van der Waals surface area contributed by atoms with Crippen molar-refractivity contribution in [3.8, 4) is 0 Å². The molecule has 0 saturated heterocycles. The molecule has 0 bridgehead atoms. The highest BCUT2D eigenvalue weighted by molar-refractivity contribution is 5.85. The van der Waals surface area contributed by atoms with Gasteiger partial charge in [0.05, 0.1) is 18.6 Å². The molecule has 0 radical (unpaired) electrons. The first kappa shape index (κ1) is 15.9. The van der Waals surface area contributed by atoms with Gasteiger partial charge >= 0.3 is 0 Å². The van der Waals surface area contributed by atoms with Gasteiger partial charge in [0.1, 0.15) is 0 Å². The molecule has 100 valence electrons. The van der Waals surface area contributed by atoms with E-state index in [2.05, 4.69) is 16.8 Å². The predicted molar refractivity (Wildman–Crippen MR) is 60.1 cm³/mol. The van der Waals surface area contributed by atoms with E-state index >= 15 is 0 Å². The molecule has 0 heterocycles. The monoisotopic (exact) mass is 246 g/mol. The molecular formula is C11H24N3O3+. The molecule has 0 unspecified atom stereocenters. The van der Waals surface area contributed by atoms with Gasteiger partial charge in [-0.05, 0) is 18.8 Å². The topological polar surface area (TPSA) is 125 Å². The number of carboxylic acid groups (broad SMARTS) is 1. The van der Waals surface area contributed by atoms with Gasteiger partial charge in [0.2, 0.25) is 0 Å². The number of hydrogen-bond donors (Lipinski definition) is 3. The Morgan fingerprint density at radius 3 is 2.29 bits per heavy atom. The molecule has 0 aliphatic heterocycles. The summed E-state index contributed by atoms with van der Waals surface area (Å²) in [5, 5.41) is 13.3. The average molecular weight is 246 g/mol. The highest BCUT2D eigenvalue weighted by Gasteiger charge is 2.23. The molecule has 0 aliphatic carbocycles. The van der Waals surface area contributed by atoms with Gasteiger partial charge in [0.15, 0.2) is 6.04 Å². The number of carbonyl (C=O) groups is 2. The Morgan fingerprint density at radius 2 is 1.88 bits per heavy atom. The van der Waals surface area contributed by atoms with Gasteiger partial charge in [-0.3, -0.25) is 4.79 Å². The second-order valence-electron chi connectivity index (χ2n) is 4.60. The molecule has 0 spiro atoms. The van der Waals surface area contributed by atoms with E-state index in [9.17, 15) is 14.7 Å². The number of nitrogens with one attached hydrogen (secondary N) is 1. The molecule has 0 aromatic heterocycles. The maximum Gasteiger partial charge on any atom is 0.278 e. The Kier molecular flexibility index (Phi) is 7.49. The van der Waals surface area contributed by atoms with E-state index in [1.165, 1.54) is 0 Å². The summed E-state index contributed by atoms with van der Waals surface area (Å²) in [5.41, 5.74) is 7.45. The highest BCUT2D eigenvalue weighted by atomic mass is 16.4. The van der Waals surface area contributed by atoms with Gasteiger partial charge in [-0.1, -0.05) is 13.8 Å². The SMILES string of the molecule is CC(C)[C@H](NC(=O)[C@@H]([NH3+])CCCC[NH3+])C(=O)[O-]. The van der Waals surface area contributed by atoms with Gasteiger partial charge in [0, 0.05) is 6.42 Å². The number of quaternary nitrogens is 2. The van der Waals surface area contributed by atoms with Crippen molar-refractivity contribution < 1.29 is 26.2 Å². The van der Waals surface area contributed by atoms with Crippen molar-refractivity contribution in [1.82, 2.24) is 5.32 Å². The molecule has 6 nitrogen and oxygen atoms in total. The van der Waals surface area contributed by atoms with Gasteiger partial charge in [-0.25, -0.2) is 0 Å². The van der Waals surface area contributed by atoms with Crippen LogP contribution in [0.25, 0.3) is 0 Å². The lowest BCUT2D eigenvalue weighted by molar-refractivity contribution is -0.406. The van der Waals surface area contributed by atoms with Crippen LogP contribution < -0.4 is 21.9 Å². The third-order valence-electron chi connectivity index (χ3n) is 2.64. The van der Waals surface area contributed by atoms with E-state index in [1.807, 2.05) is 0 Å². The molecule has 7 N–H and O–H groups in total. The summed E-state index contributed by atoms with van der Waals surface area (Å²) in [7, 11) is 0. The average Bonchev–Trinajstić information content (AvgIpc) is 2.24. The first-order chi connectivity index (χ1) is 7.90. The van der Waals surface area contributed by atoms with Crippen LogP contribution in [0.15, 0.2) is 0 Å². The van der Waals surface area contributed by atoms with E-state index in [-0.39, 0.29) is 11.8 Å². The molecule has 0 rings (SSSR count). The largest absolute Gasteiger partial charge is 0.548 e. The number of carbonyl (C=O) groups excluding carboxylic acids is 2. The summed E-state index contributed by atoms with van der Waals surface area (Å²) in [6, 6.07) is -1.36. The summed E-state index contributed by atoms with van der Waals surface area (Å²) in [4.78, 5) is 22.5. The van der Waals surface area contributed by atoms with Crippen molar-refractivity contribution in [2.24, 2.45) is 5.92 Å². The Morgan fingerprint density at radius 1 is 1.29 bits per heavy atom. The lowest BCUT2D eigenvalue weighted by Crippen LogP contribution is -2.69. The Hall–Kier alpha value is -1.14. The van der Waals surface area contributed by atoms with Crippen LogP contribution in [0.2, 0.25) is 0 Å². The molecule has 0 aliphatic rings. The van der Waals surface area contributed by atoms with Crippen LogP contribution in [0.3, 0.4) is 0 Å². The summed E-state index contributed by atoms with van der Waals surface area (Å²) in [6.45, 7) is 4.28. The van der Waals surface area contributed by atoms with Crippen molar-refractivity contribution in [1.29, 1.82) is 0 Å². The fraction of sp³-hybridized carbons (Fsp3) is 0.818. The Labute approximate surface area is 102 Å². The van der Waals surface area contributed by atoms with Crippen LogP contribution in [0, 0.1) is 5.92 Å². The second kappa shape index (κ2) is 8.03. The van der Waals surface area contributed by atoms with Crippen LogP contribution in [-0.4, -0.2) is 30.5 Å². The standard InChI is InChI=1S/C11H23N3O3/c1-7(2)9(11(16)17)14-10(15)8(13)5-3-4-6-12/h7-9H,3-6,12-13H2,1-2H3,(H,14,15)(H,16,17)/p+1/t8-,9-/m0/s1. The summed E-state index contributed by atoms with van der Waals surface area (Å²) >= 11 is 0. The minimum atomic E-state index is -1.25. The summed E-state index contributed by atoms with van der Waals surface area (Å²) in [6.07, 6.45) is 2.48. The van der Waals surface area contributed by atoms with Crippen LogP contribution in [0.4, 0.5) is 0 Å². The number of amides is 1. The quantitative estimate of drug-likeness (QED) is 0.393. The van der Waals surface area contributed by atoms with Crippen molar-refractivity contribution >= 4 is 11.9 Å².